The van der Waals surface area contributed by atoms with E-state index in [4.69, 9.17) is 16.3 Å². The van der Waals surface area contributed by atoms with Gasteiger partial charge in [-0.2, -0.15) is 0 Å². The summed E-state index contributed by atoms with van der Waals surface area (Å²) in [7, 11) is 0. The van der Waals surface area contributed by atoms with Gasteiger partial charge in [0.2, 0.25) is 0 Å². The molecule has 0 spiro atoms. The zero-order valence-electron chi connectivity index (χ0n) is 12.4. The lowest BCUT2D eigenvalue weighted by atomic mass is 10.2. The van der Waals surface area contributed by atoms with E-state index in [1.54, 1.807) is 6.07 Å². The first-order chi connectivity index (χ1) is 10.6. The van der Waals surface area contributed by atoms with Gasteiger partial charge < -0.3 is 4.74 Å². The molecule has 0 fully saturated rings. The Morgan fingerprint density at radius 2 is 1.95 bits per heavy atom. The van der Waals surface area contributed by atoms with Gasteiger partial charge in [-0.25, -0.2) is 9.97 Å². The summed E-state index contributed by atoms with van der Waals surface area (Å²) in [6, 6.07) is 4.28. The number of hydrogen-bond acceptors (Lipinski definition) is 5. The molecule has 0 unspecified atom stereocenters. The van der Waals surface area contributed by atoms with E-state index < -0.39 is 4.92 Å². The number of rotatable bonds is 8. The first-order valence-electron chi connectivity index (χ1n) is 7.36. The van der Waals surface area contributed by atoms with E-state index in [1.807, 2.05) is 0 Å². The molecule has 0 bridgehead atoms. The number of halogens is 1. The molecule has 0 amide bonds. The zero-order chi connectivity index (χ0) is 15.9. The average Bonchev–Trinajstić information content (AvgIpc) is 2.50. The molecule has 2 rings (SSSR count). The summed E-state index contributed by atoms with van der Waals surface area (Å²) in [4.78, 5) is 18.7. The number of nitro benzene ring substituents is 1. The third-order valence-electron chi connectivity index (χ3n) is 3.27. The van der Waals surface area contributed by atoms with Crippen LogP contribution in [-0.4, -0.2) is 21.5 Å². The smallest absolute Gasteiger partial charge is 0.271 e. The van der Waals surface area contributed by atoms with Gasteiger partial charge in [0.05, 0.1) is 22.6 Å². The number of nitrogens with zero attached hydrogens (tertiary/aromatic N) is 3. The van der Waals surface area contributed by atoms with E-state index in [9.17, 15) is 10.1 Å². The fourth-order valence-corrected chi connectivity index (χ4v) is 2.27. The molecule has 0 aliphatic heterocycles. The number of nitro groups is 1. The van der Waals surface area contributed by atoms with Crippen LogP contribution in [0.4, 0.5) is 5.69 Å². The Morgan fingerprint density at radius 1 is 1.18 bits per heavy atom. The topological polar surface area (TPSA) is 78.2 Å². The van der Waals surface area contributed by atoms with Crippen molar-refractivity contribution in [1.82, 2.24) is 9.97 Å². The SMILES string of the molecule is CCCCCCCOc1nc2ccc([N+](=O)[O-])cc2nc1Cl. The predicted molar refractivity (Wildman–Crippen MR) is 85.5 cm³/mol. The molecule has 0 aliphatic rings. The molecule has 118 valence electrons. The molecule has 0 radical (unpaired) electrons. The normalized spacial score (nSPS) is 10.8. The molecule has 0 N–H and O–H groups in total. The number of ether oxygens (including phenoxy) is 1. The second kappa shape index (κ2) is 7.89. The van der Waals surface area contributed by atoms with Crippen molar-refractivity contribution in [2.75, 3.05) is 6.61 Å². The van der Waals surface area contributed by atoms with E-state index in [0.29, 0.717) is 17.6 Å². The summed E-state index contributed by atoms with van der Waals surface area (Å²) >= 11 is 6.03. The maximum absolute atomic E-state index is 10.7. The maximum Gasteiger partial charge on any atom is 0.271 e. The minimum Gasteiger partial charge on any atom is -0.475 e. The Bertz CT molecular complexity index is 664. The number of unbranched alkanes of at least 4 members (excludes halogenated alkanes) is 4. The third-order valence-corrected chi connectivity index (χ3v) is 3.52. The van der Waals surface area contributed by atoms with Gasteiger partial charge in [0.25, 0.3) is 11.6 Å². The Hall–Kier alpha value is -1.95. The molecule has 1 aromatic carbocycles. The molecule has 22 heavy (non-hydrogen) atoms. The summed E-state index contributed by atoms with van der Waals surface area (Å²) < 4.78 is 5.56. The second-order valence-corrected chi connectivity index (χ2v) is 5.37. The van der Waals surface area contributed by atoms with Gasteiger partial charge in [-0.3, -0.25) is 10.1 Å². The van der Waals surface area contributed by atoms with Gasteiger partial charge in [0.1, 0.15) is 0 Å². The van der Waals surface area contributed by atoms with Crippen LogP contribution in [0.2, 0.25) is 5.15 Å². The molecular formula is C15H18ClN3O3. The fourth-order valence-electron chi connectivity index (χ4n) is 2.08. The van der Waals surface area contributed by atoms with Gasteiger partial charge in [0.15, 0.2) is 5.15 Å². The van der Waals surface area contributed by atoms with Crippen LogP contribution in [-0.2, 0) is 0 Å². The molecule has 0 saturated carbocycles. The monoisotopic (exact) mass is 323 g/mol. The van der Waals surface area contributed by atoms with Crippen LogP contribution < -0.4 is 4.74 Å². The lowest BCUT2D eigenvalue weighted by Crippen LogP contribution is -2.01. The van der Waals surface area contributed by atoms with Crippen molar-refractivity contribution < 1.29 is 9.66 Å². The summed E-state index contributed by atoms with van der Waals surface area (Å²) in [5, 5.41) is 10.9. The van der Waals surface area contributed by atoms with Crippen LogP contribution in [0.25, 0.3) is 11.0 Å². The third kappa shape index (κ3) is 4.27. The summed E-state index contributed by atoms with van der Waals surface area (Å²) in [6.45, 7) is 2.71. The van der Waals surface area contributed by atoms with Crippen molar-refractivity contribution in [2.45, 2.75) is 39.0 Å². The van der Waals surface area contributed by atoms with E-state index in [2.05, 4.69) is 16.9 Å². The highest BCUT2D eigenvalue weighted by Crippen LogP contribution is 2.25. The Balaban J connectivity index is 2.03. The summed E-state index contributed by atoms with van der Waals surface area (Å²) in [5.74, 6) is 0.276. The Labute approximate surface area is 133 Å². The van der Waals surface area contributed by atoms with Crippen molar-refractivity contribution in [2.24, 2.45) is 0 Å². The molecule has 1 aromatic heterocycles. The molecule has 0 atom stereocenters. The predicted octanol–water partition coefficient (Wildman–Crippen LogP) is 4.54. The Morgan fingerprint density at radius 3 is 2.68 bits per heavy atom. The van der Waals surface area contributed by atoms with Gasteiger partial charge in [0, 0.05) is 12.1 Å². The molecule has 6 nitrogen and oxygen atoms in total. The Kier molecular flexibility index (Phi) is 5.89. The van der Waals surface area contributed by atoms with Gasteiger partial charge >= 0.3 is 0 Å². The standard InChI is InChI=1S/C15H18ClN3O3/c1-2-3-4-5-6-9-22-15-14(16)17-13-10-11(19(20)21)7-8-12(13)18-15/h7-8,10H,2-6,9H2,1H3. The molecule has 0 saturated heterocycles. The van der Waals surface area contributed by atoms with Crippen LogP contribution >= 0.6 is 11.6 Å². The van der Waals surface area contributed by atoms with Crippen LogP contribution in [0.15, 0.2) is 18.2 Å². The number of non-ortho nitro benzene ring substituents is 1. The number of hydrogen-bond donors (Lipinski definition) is 0. The minimum absolute atomic E-state index is 0.0394. The van der Waals surface area contributed by atoms with E-state index in [1.165, 1.54) is 31.4 Å². The second-order valence-electron chi connectivity index (χ2n) is 5.01. The first-order valence-corrected chi connectivity index (χ1v) is 7.74. The van der Waals surface area contributed by atoms with Gasteiger partial charge in [-0.05, 0) is 12.5 Å². The van der Waals surface area contributed by atoms with Crippen molar-refractivity contribution in [3.63, 3.8) is 0 Å². The summed E-state index contributed by atoms with van der Waals surface area (Å²) in [5.41, 5.74) is 0.868. The van der Waals surface area contributed by atoms with Gasteiger partial charge in [-0.1, -0.05) is 44.2 Å². The number of benzene rings is 1. The highest BCUT2D eigenvalue weighted by molar-refractivity contribution is 6.31. The van der Waals surface area contributed by atoms with E-state index >= 15 is 0 Å². The van der Waals surface area contributed by atoms with Crippen LogP contribution in [0.3, 0.4) is 0 Å². The van der Waals surface area contributed by atoms with Crippen LogP contribution in [0, 0.1) is 10.1 Å². The zero-order valence-corrected chi connectivity index (χ0v) is 13.2. The first kappa shape index (κ1) is 16.4. The highest BCUT2D eigenvalue weighted by Gasteiger charge is 2.12. The quantitative estimate of drug-likeness (QED) is 0.405. The minimum atomic E-state index is -0.476. The average molecular weight is 324 g/mol. The molecule has 1 heterocycles. The molecule has 0 aliphatic carbocycles. The van der Waals surface area contributed by atoms with Crippen molar-refractivity contribution in [3.05, 3.63) is 33.5 Å². The maximum atomic E-state index is 10.7. The largest absolute Gasteiger partial charge is 0.475 e. The molecule has 7 heteroatoms. The number of fused-ring (bicyclic) bond motifs is 1. The van der Waals surface area contributed by atoms with Gasteiger partial charge in [-0.15, -0.1) is 0 Å². The van der Waals surface area contributed by atoms with E-state index in [-0.39, 0.29) is 16.7 Å². The molecular weight excluding hydrogens is 306 g/mol. The van der Waals surface area contributed by atoms with Crippen molar-refractivity contribution >= 4 is 28.3 Å². The summed E-state index contributed by atoms with van der Waals surface area (Å²) in [6.07, 6.45) is 5.68. The lowest BCUT2D eigenvalue weighted by molar-refractivity contribution is -0.384. The highest BCUT2D eigenvalue weighted by atomic mass is 35.5. The fraction of sp³-hybridized carbons (Fsp3) is 0.467. The van der Waals surface area contributed by atoms with Crippen molar-refractivity contribution in [3.8, 4) is 5.88 Å². The van der Waals surface area contributed by atoms with Crippen molar-refractivity contribution in [1.29, 1.82) is 0 Å². The molecule has 2 aromatic rings. The van der Waals surface area contributed by atoms with E-state index in [0.717, 1.165) is 12.8 Å². The lowest BCUT2D eigenvalue weighted by Gasteiger charge is -2.07. The van der Waals surface area contributed by atoms with Crippen LogP contribution in [0.5, 0.6) is 5.88 Å². The number of aromatic nitrogens is 2. The van der Waals surface area contributed by atoms with Crippen LogP contribution in [0.1, 0.15) is 39.0 Å².